The molecule has 0 saturated carbocycles. The van der Waals surface area contributed by atoms with Crippen LogP contribution in [0.4, 0.5) is 0 Å². The lowest BCUT2D eigenvalue weighted by atomic mass is 9.67. The van der Waals surface area contributed by atoms with E-state index in [0.29, 0.717) is 5.92 Å². The lowest BCUT2D eigenvalue weighted by Gasteiger charge is -2.34. The first-order valence-corrected chi connectivity index (χ1v) is 24.7. The van der Waals surface area contributed by atoms with Crippen LogP contribution in [0.1, 0.15) is 51.3 Å². The Hall–Kier alpha value is -8.52. The molecule has 0 radical (unpaired) electrons. The molecular formula is C69H50O. The van der Waals surface area contributed by atoms with Gasteiger partial charge in [-0.25, -0.2) is 0 Å². The number of hydrogen-bond donors (Lipinski definition) is 0. The van der Waals surface area contributed by atoms with Gasteiger partial charge in [0.15, 0.2) is 0 Å². The largest absolute Gasteiger partial charge is 0.455 e. The van der Waals surface area contributed by atoms with Gasteiger partial charge in [0.05, 0.1) is 5.41 Å². The van der Waals surface area contributed by atoms with Gasteiger partial charge in [-0.05, 0) is 120 Å². The summed E-state index contributed by atoms with van der Waals surface area (Å²) in [6.07, 6.45) is 2.96. The highest BCUT2D eigenvalue weighted by molar-refractivity contribution is 6.09. The Morgan fingerprint density at radius 2 is 0.914 bits per heavy atom. The molecule has 70 heavy (non-hydrogen) atoms. The highest BCUT2D eigenvalue weighted by atomic mass is 16.3. The van der Waals surface area contributed by atoms with Crippen LogP contribution in [0.5, 0.6) is 0 Å². The number of rotatable bonds is 11. The van der Waals surface area contributed by atoms with Crippen molar-refractivity contribution in [3.8, 4) is 44.5 Å². The van der Waals surface area contributed by atoms with Gasteiger partial charge in [-0.1, -0.05) is 255 Å². The van der Waals surface area contributed by atoms with E-state index in [2.05, 4.69) is 255 Å². The third-order valence-electron chi connectivity index (χ3n) is 15.2. The molecule has 0 spiro atoms. The SMILES string of the molecule is c1ccc(-c2ccc(CC(CCc3ccc4c(c3)-c3ccccc3C4(c3ccccc3)c3ccc(-c4cccc5c4oc4ccccc45)cc3)c3ccc(-c4cccc5ccccc45)cc3)cc2)cc1. The highest BCUT2D eigenvalue weighted by Crippen LogP contribution is 2.56. The summed E-state index contributed by atoms with van der Waals surface area (Å²) < 4.78 is 6.50. The molecule has 11 aromatic carbocycles. The summed E-state index contributed by atoms with van der Waals surface area (Å²) in [7, 11) is 0. The summed E-state index contributed by atoms with van der Waals surface area (Å²) in [5.41, 5.74) is 20.5. The Morgan fingerprint density at radius 3 is 1.74 bits per heavy atom. The Kier molecular flexibility index (Phi) is 10.4. The van der Waals surface area contributed by atoms with E-state index in [-0.39, 0.29) is 0 Å². The van der Waals surface area contributed by atoms with Crippen molar-refractivity contribution >= 4 is 32.7 Å². The quantitative estimate of drug-likeness (QED) is 0.126. The maximum Gasteiger partial charge on any atom is 0.143 e. The topological polar surface area (TPSA) is 13.1 Å². The lowest BCUT2D eigenvalue weighted by molar-refractivity contribution is 0.621. The fourth-order valence-corrected chi connectivity index (χ4v) is 11.7. The molecule has 2 unspecified atom stereocenters. The molecule has 332 valence electrons. The second kappa shape index (κ2) is 17.5. The van der Waals surface area contributed by atoms with Crippen molar-refractivity contribution < 1.29 is 4.42 Å². The molecule has 1 aliphatic carbocycles. The standard InChI is InChI=1S/C69H50O/c1-3-15-49(16-4-1)50-33-29-47(30-34-50)45-55(51-36-38-53(39-37-51)59-24-13-18-52-17-7-8-21-58(52)59)35-31-48-32-44-66-64(46-48)61-22-9-11-27-65(61)69(66,56-19-5-2-6-20-56)57-42-40-54(41-43-57)60-25-14-26-63-62-23-10-12-28-67(62)70-68(60)63/h1-30,32-34,36-44,46,55H,31,35,45H2. The van der Waals surface area contributed by atoms with Gasteiger partial charge in [0, 0.05) is 16.3 Å². The van der Waals surface area contributed by atoms with E-state index in [1.165, 1.54) is 83.1 Å². The number of para-hydroxylation sites is 2. The summed E-state index contributed by atoms with van der Waals surface area (Å²) in [5.74, 6) is 0.331. The monoisotopic (exact) mass is 894 g/mol. The Labute approximate surface area is 410 Å². The van der Waals surface area contributed by atoms with Crippen LogP contribution in [-0.4, -0.2) is 0 Å². The number of furan rings is 1. The predicted octanol–water partition coefficient (Wildman–Crippen LogP) is 18.1. The second-order valence-electron chi connectivity index (χ2n) is 19.1. The summed E-state index contributed by atoms with van der Waals surface area (Å²) in [5, 5.41) is 4.85. The molecule has 0 bridgehead atoms. The van der Waals surface area contributed by atoms with Crippen LogP contribution in [0.2, 0.25) is 0 Å². The van der Waals surface area contributed by atoms with Crippen molar-refractivity contribution in [2.45, 2.75) is 30.6 Å². The molecule has 1 heterocycles. The molecule has 0 N–H and O–H groups in total. The fourth-order valence-electron chi connectivity index (χ4n) is 11.7. The van der Waals surface area contributed by atoms with Crippen molar-refractivity contribution in [1.29, 1.82) is 0 Å². The molecule has 1 heteroatoms. The zero-order chi connectivity index (χ0) is 46.4. The van der Waals surface area contributed by atoms with Gasteiger partial charge in [-0.2, -0.15) is 0 Å². The maximum absolute atomic E-state index is 6.50. The van der Waals surface area contributed by atoms with Gasteiger partial charge < -0.3 is 4.42 Å². The Balaban J connectivity index is 0.857. The average molecular weight is 895 g/mol. The van der Waals surface area contributed by atoms with E-state index in [0.717, 1.165) is 52.3 Å². The van der Waals surface area contributed by atoms with Crippen LogP contribution in [0.3, 0.4) is 0 Å². The smallest absolute Gasteiger partial charge is 0.143 e. The van der Waals surface area contributed by atoms with E-state index in [1.54, 1.807) is 0 Å². The molecule has 1 aliphatic rings. The van der Waals surface area contributed by atoms with Crippen LogP contribution in [0, 0.1) is 0 Å². The van der Waals surface area contributed by atoms with Gasteiger partial charge in [0.2, 0.25) is 0 Å². The Morgan fingerprint density at radius 1 is 0.357 bits per heavy atom. The van der Waals surface area contributed by atoms with Crippen molar-refractivity contribution in [2.24, 2.45) is 0 Å². The second-order valence-corrected chi connectivity index (χ2v) is 19.1. The first kappa shape index (κ1) is 41.7. The first-order valence-electron chi connectivity index (χ1n) is 24.7. The number of aryl methyl sites for hydroxylation is 1. The summed E-state index contributed by atoms with van der Waals surface area (Å²) in [4.78, 5) is 0. The molecule has 0 aliphatic heterocycles. The molecule has 0 saturated heterocycles. The van der Waals surface area contributed by atoms with Gasteiger partial charge in [-0.3, -0.25) is 0 Å². The van der Waals surface area contributed by atoms with Crippen LogP contribution >= 0.6 is 0 Å². The van der Waals surface area contributed by atoms with Crippen LogP contribution in [0.25, 0.3) is 77.2 Å². The van der Waals surface area contributed by atoms with E-state index in [4.69, 9.17) is 4.42 Å². The number of hydrogen-bond acceptors (Lipinski definition) is 1. The zero-order valence-electron chi connectivity index (χ0n) is 38.9. The molecule has 0 fully saturated rings. The van der Waals surface area contributed by atoms with Gasteiger partial charge in [-0.15, -0.1) is 0 Å². The van der Waals surface area contributed by atoms with Crippen molar-refractivity contribution in [1.82, 2.24) is 0 Å². The third-order valence-corrected chi connectivity index (χ3v) is 15.2. The minimum atomic E-state index is -0.490. The van der Waals surface area contributed by atoms with Gasteiger partial charge in [0.25, 0.3) is 0 Å². The summed E-state index contributed by atoms with van der Waals surface area (Å²) in [6.45, 7) is 0. The zero-order valence-corrected chi connectivity index (χ0v) is 38.9. The van der Waals surface area contributed by atoms with Crippen LogP contribution in [0.15, 0.2) is 265 Å². The van der Waals surface area contributed by atoms with E-state index >= 15 is 0 Å². The third kappa shape index (κ3) is 7.17. The lowest BCUT2D eigenvalue weighted by Crippen LogP contribution is -2.28. The molecule has 0 amide bonds. The molecule has 12 aromatic rings. The first-order chi connectivity index (χ1) is 34.7. The minimum absolute atomic E-state index is 0.331. The Bertz CT molecular complexity index is 3820. The van der Waals surface area contributed by atoms with Crippen molar-refractivity contribution in [2.75, 3.05) is 0 Å². The summed E-state index contributed by atoms with van der Waals surface area (Å²) in [6, 6.07) is 96.4. The molecule has 1 nitrogen and oxygen atoms in total. The van der Waals surface area contributed by atoms with E-state index in [1.807, 2.05) is 6.07 Å². The highest BCUT2D eigenvalue weighted by Gasteiger charge is 2.46. The van der Waals surface area contributed by atoms with Crippen LogP contribution < -0.4 is 0 Å². The van der Waals surface area contributed by atoms with Crippen molar-refractivity contribution in [3.05, 3.63) is 300 Å². The molecular weight excluding hydrogens is 845 g/mol. The summed E-state index contributed by atoms with van der Waals surface area (Å²) >= 11 is 0. The molecule has 1 aromatic heterocycles. The number of fused-ring (bicyclic) bond motifs is 7. The van der Waals surface area contributed by atoms with Gasteiger partial charge >= 0.3 is 0 Å². The number of benzene rings is 11. The van der Waals surface area contributed by atoms with Crippen LogP contribution in [-0.2, 0) is 18.3 Å². The predicted molar refractivity (Wildman–Crippen MR) is 292 cm³/mol. The fraction of sp³-hybridized carbons (Fsp3) is 0.0725. The molecule has 13 rings (SSSR count). The van der Waals surface area contributed by atoms with Crippen molar-refractivity contribution in [3.63, 3.8) is 0 Å². The normalized spacial score (nSPS) is 14.5. The van der Waals surface area contributed by atoms with E-state index in [9.17, 15) is 0 Å². The van der Waals surface area contributed by atoms with Gasteiger partial charge in [0.1, 0.15) is 11.2 Å². The maximum atomic E-state index is 6.50. The van der Waals surface area contributed by atoms with E-state index < -0.39 is 5.41 Å². The average Bonchev–Trinajstić information content (AvgIpc) is 3.97. The minimum Gasteiger partial charge on any atom is -0.455 e. The molecule has 2 atom stereocenters.